The number of benzene rings is 2. The van der Waals surface area contributed by atoms with Crippen LogP contribution < -0.4 is 9.62 Å². The predicted molar refractivity (Wildman–Crippen MR) is 109 cm³/mol. The number of carbonyl (C=O) groups is 1. The number of aromatic nitrogens is 2. The molecule has 1 N–H and O–H groups in total. The molecule has 3 rings (SSSR count). The van der Waals surface area contributed by atoms with Crippen molar-refractivity contribution < 1.29 is 22.0 Å². The van der Waals surface area contributed by atoms with E-state index >= 15 is 0 Å². The molecule has 0 saturated heterocycles. The third-order valence-electron chi connectivity index (χ3n) is 4.45. The predicted octanol–water partition coefficient (Wildman–Crippen LogP) is 2.62. The van der Waals surface area contributed by atoms with Gasteiger partial charge in [-0.15, -0.1) is 0 Å². The van der Waals surface area contributed by atoms with Crippen LogP contribution >= 0.6 is 0 Å². The second-order valence-corrected chi connectivity index (χ2v) is 8.55. The monoisotopic (exact) mass is 434 g/mol. The zero-order chi connectivity index (χ0) is 21.9. The maximum atomic E-state index is 13.6. The molecule has 3 aromatic rings. The highest BCUT2D eigenvalue weighted by molar-refractivity contribution is 7.92. The summed E-state index contributed by atoms with van der Waals surface area (Å²) < 4.78 is 53.8. The summed E-state index contributed by atoms with van der Waals surface area (Å²) in [6.45, 7) is 1.54. The summed E-state index contributed by atoms with van der Waals surface area (Å²) in [6.07, 6.45) is 6.02. The molecule has 1 amide bonds. The van der Waals surface area contributed by atoms with E-state index in [1.54, 1.807) is 18.7 Å². The van der Waals surface area contributed by atoms with Crippen molar-refractivity contribution in [3.05, 3.63) is 78.4 Å². The Morgan fingerprint density at radius 2 is 1.87 bits per heavy atom. The molecule has 7 nitrogen and oxygen atoms in total. The van der Waals surface area contributed by atoms with Gasteiger partial charge < -0.3 is 9.88 Å². The molecule has 1 heterocycles. The van der Waals surface area contributed by atoms with Crippen LogP contribution in [-0.4, -0.2) is 36.2 Å². The lowest BCUT2D eigenvalue weighted by molar-refractivity contribution is -0.122. The quantitative estimate of drug-likeness (QED) is 0.620. The first-order valence-electron chi connectivity index (χ1n) is 8.96. The highest BCUT2D eigenvalue weighted by Gasteiger charge is 2.29. The first kappa shape index (κ1) is 21.4. The molecule has 0 radical (unpaired) electrons. The summed E-state index contributed by atoms with van der Waals surface area (Å²) in [5.41, 5.74) is 1.57. The Morgan fingerprint density at radius 3 is 2.43 bits per heavy atom. The number of hydrogen-bond acceptors (Lipinski definition) is 4. The summed E-state index contributed by atoms with van der Waals surface area (Å²) in [6, 6.07) is 8.86. The average Bonchev–Trinajstić information content (AvgIpc) is 3.23. The molecule has 0 spiro atoms. The van der Waals surface area contributed by atoms with Gasteiger partial charge in [-0.1, -0.05) is 12.1 Å². The second kappa shape index (κ2) is 8.62. The fourth-order valence-electron chi connectivity index (χ4n) is 2.97. The summed E-state index contributed by atoms with van der Waals surface area (Å²) in [5.74, 6) is -2.89. The number of anilines is 1. The van der Waals surface area contributed by atoms with Crippen molar-refractivity contribution in [3.8, 4) is 5.69 Å². The molecule has 1 atom stereocenters. The number of sulfonamides is 1. The van der Waals surface area contributed by atoms with Crippen molar-refractivity contribution in [2.45, 2.75) is 19.5 Å². The largest absolute Gasteiger partial charge is 0.350 e. The molecule has 2 aromatic carbocycles. The Hall–Kier alpha value is -3.27. The van der Waals surface area contributed by atoms with Gasteiger partial charge in [-0.25, -0.2) is 22.2 Å². The molecule has 0 aliphatic rings. The zero-order valence-corrected chi connectivity index (χ0v) is 17.1. The van der Waals surface area contributed by atoms with Gasteiger partial charge in [0.1, 0.15) is 6.04 Å². The van der Waals surface area contributed by atoms with E-state index < -0.39 is 33.6 Å². The third-order valence-corrected chi connectivity index (χ3v) is 5.69. The van der Waals surface area contributed by atoms with Crippen molar-refractivity contribution in [2.24, 2.45) is 0 Å². The van der Waals surface area contributed by atoms with Crippen LogP contribution in [0, 0.1) is 11.6 Å². The number of nitrogens with one attached hydrogen (secondary N) is 1. The molecule has 0 fully saturated rings. The Bertz CT molecular complexity index is 1130. The number of carbonyl (C=O) groups excluding carboxylic acids is 1. The number of rotatable bonds is 7. The van der Waals surface area contributed by atoms with Gasteiger partial charge in [0.15, 0.2) is 11.6 Å². The van der Waals surface area contributed by atoms with Crippen LogP contribution in [0.3, 0.4) is 0 Å². The highest BCUT2D eigenvalue weighted by atomic mass is 32.2. The van der Waals surface area contributed by atoms with Crippen molar-refractivity contribution in [2.75, 3.05) is 10.6 Å². The first-order chi connectivity index (χ1) is 14.2. The molecule has 0 unspecified atom stereocenters. The highest BCUT2D eigenvalue weighted by Crippen LogP contribution is 2.23. The molecule has 0 aliphatic heterocycles. The van der Waals surface area contributed by atoms with Crippen LogP contribution in [0.4, 0.5) is 14.5 Å². The van der Waals surface area contributed by atoms with E-state index in [9.17, 15) is 22.0 Å². The number of imidazole rings is 1. The van der Waals surface area contributed by atoms with Gasteiger partial charge in [0.25, 0.3) is 0 Å². The van der Waals surface area contributed by atoms with Gasteiger partial charge >= 0.3 is 0 Å². The van der Waals surface area contributed by atoms with Crippen LogP contribution in [0.15, 0.2) is 61.2 Å². The van der Waals surface area contributed by atoms with Crippen molar-refractivity contribution >= 4 is 21.6 Å². The minimum absolute atomic E-state index is 0.135. The van der Waals surface area contributed by atoms with Crippen molar-refractivity contribution in [1.82, 2.24) is 14.9 Å². The Balaban J connectivity index is 1.71. The van der Waals surface area contributed by atoms with E-state index in [1.165, 1.54) is 6.92 Å². The van der Waals surface area contributed by atoms with Crippen LogP contribution in [-0.2, 0) is 21.4 Å². The van der Waals surface area contributed by atoms with E-state index in [2.05, 4.69) is 10.3 Å². The van der Waals surface area contributed by atoms with Crippen LogP contribution in [0.2, 0.25) is 0 Å². The molecule has 1 aromatic heterocycles. The number of halogens is 2. The molecular formula is C20H20F2N4O3S. The smallest absolute Gasteiger partial charge is 0.243 e. The van der Waals surface area contributed by atoms with Gasteiger partial charge in [0.2, 0.25) is 15.9 Å². The lowest BCUT2D eigenvalue weighted by Gasteiger charge is -2.28. The van der Waals surface area contributed by atoms with Gasteiger partial charge in [0, 0.05) is 30.7 Å². The van der Waals surface area contributed by atoms with Gasteiger partial charge in [-0.2, -0.15) is 0 Å². The molecule has 30 heavy (non-hydrogen) atoms. The lowest BCUT2D eigenvalue weighted by Crippen LogP contribution is -2.47. The number of nitrogens with zero attached hydrogens (tertiary/aromatic N) is 3. The summed E-state index contributed by atoms with van der Waals surface area (Å²) in [4.78, 5) is 16.6. The van der Waals surface area contributed by atoms with E-state index in [1.807, 2.05) is 28.8 Å². The third kappa shape index (κ3) is 4.82. The fraction of sp³-hybridized carbons (Fsp3) is 0.200. The lowest BCUT2D eigenvalue weighted by atomic mass is 10.2. The Morgan fingerprint density at radius 1 is 1.17 bits per heavy atom. The standard InChI is InChI=1S/C20H20F2N4O3S/c1-14(26(30(2,28)29)17-7-8-18(21)19(22)11-17)20(27)24-12-15-3-5-16(6-4-15)25-10-9-23-13-25/h3-11,13-14H,12H2,1-2H3,(H,24,27)/t14-/m0/s1. The minimum atomic E-state index is -3.93. The van der Waals surface area contributed by atoms with E-state index in [0.29, 0.717) is 0 Å². The van der Waals surface area contributed by atoms with Crippen molar-refractivity contribution in [3.63, 3.8) is 0 Å². The molecule has 0 saturated carbocycles. The Kier molecular flexibility index (Phi) is 6.16. The molecular weight excluding hydrogens is 414 g/mol. The second-order valence-electron chi connectivity index (χ2n) is 6.69. The average molecular weight is 434 g/mol. The summed E-state index contributed by atoms with van der Waals surface area (Å²) >= 11 is 0. The summed E-state index contributed by atoms with van der Waals surface area (Å²) in [7, 11) is -3.93. The van der Waals surface area contributed by atoms with Gasteiger partial charge in [-0.05, 0) is 36.8 Å². The first-order valence-corrected chi connectivity index (χ1v) is 10.8. The van der Waals surface area contributed by atoms with E-state index in [4.69, 9.17) is 0 Å². The molecule has 0 bridgehead atoms. The zero-order valence-electron chi connectivity index (χ0n) is 16.3. The van der Waals surface area contributed by atoms with Crippen LogP contribution in [0.1, 0.15) is 12.5 Å². The molecule has 0 aliphatic carbocycles. The Labute approximate surface area is 173 Å². The maximum Gasteiger partial charge on any atom is 0.243 e. The van der Waals surface area contributed by atoms with Crippen LogP contribution in [0.25, 0.3) is 5.69 Å². The SMILES string of the molecule is C[C@@H](C(=O)NCc1ccc(-n2ccnc2)cc1)N(c1ccc(F)c(F)c1)S(C)(=O)=O. The molecule has 10 heteroatoms. The van der Waals surface area contributed by atoms with Crippen LogP contribution in [0.5, 0.6) is 0 Å². The normalized spacial score (nSPS) is 12.4. The molecule has 158 valence electrons. The van der Waals surface area contributed by atoms with Gasteiger partial charge in [-0.3, -0.25) is 9.10 Å². The van der Waals surface area contributed by atoms with Gasteiger partial charge in [0.05, 0.1) is 18.3 Å². The maximum absolute atomic E-state index is 13.6. The summed E-state index contributed by atoms with van der Waals surface area (Å²) in [5, 5.41) is 2.67. The number of amides is 1. The minimum Gasteiger partial charge on any atom is -0.350 e. The fourth-order valence-corrected chi connectivity index (χ4v) is 4.13. The topological polar surface area (TPSA) is 84.3 Å². The van der Waals surface area contributed by atoms with E-state index in [0.717, 1.165) is 40.0 Å². The van der Waals surface area contributed by atoms with Crippen molar-refractivity contribution in [1.29, 1.82) is 0 Å². The number of hydrogen-bond donors (Lipinski definition) is 1. The van der Waals surface area contributed by atoms with E-state index in [-0.39, 0.29) is 12.2 Å².